The van der Waals surface area contributed by atoms with Gasteiger partial charge in [-0.15, -0.1) is 0 Å². The molecule has 27 heavy (non-hydrogen) atoms. The summed E-state index contributed by atoms with van der Waals surface area (Å²) < 4.78 is 15.9. The minimum atomic E-state index is -0.634. The zero-order chi connectivity index (χ0) is 19.4. The van der Waals surface area contributed by atoms with E-state index in [-0.39, 0.29) is 17.3 Å². The molecule has 0 saturated heterocycles. The summed E-state index contributed by atoms with van der Waals surface area (Å²) in [4.78, 5) is 26.7. The van der Waals surface area contributed by atoms with Gasteiger partial charge in [0, 0.05) is 17.7 Å². The lowest BCUT2D eigenvalue weighted by atomic mass is 10.1. The van der Waals surface area contributed by atoms with Crippen molar-refractivity contribution in [2.75, 3.05) is 13.7 Å². The molecule has 1 aliphatic rings. The molecule has 0 N–H and O–H groups in total. The molecular weight excluding hydrogens is 352 g/mol. The number of hydrogen-bond acceptors (Lipinski definition) is 7. The standard InChI is InChI=1S/C19H16N2O6/c1-3-26-17-10-12(7-8-16(17)25-2)9-15-19(22)27-18(20-15)13-5-4-6-14(11-13)21(23)24/h4-11H,3H2,1-2H3/b15-9-. The zero-order valence-corrected chi connectivity index (χ0v) is 14.7. The number of benzene rings is 2. The van der Waals surface area contributed by atoms with Crippen LogP contribution in [0.5, 0.6) is 11.5 Å². The Morgan fingerprint density at radius 3 is 2.74 bits per heavy atom. The normalized spacial score (nSPS) is 14.7. The Balaban J connectivity index is 1.93. The van der Waals surface area contributed by atoms with Crippen molar-refractivity contribution in [1.29, 1.82) is 0 Å². The summed E-state index contributed by atoms with van der Waals surface area (Å²) in [5.74, 6) is 0.510. The van der Waals surface area contributed by atoms with Crippen LogP contribution in [0, 0.1) is 10.1 Å². The maximum atomic E-state index is 12.1. The van der Waals surface area contributed by atoms with E-state index in [1.807, 2.05) is 6.92 Å². The van der Waals surface area contributed by atoms with E-state index in [1.54, 1.807) is 37.5 Å². The van der Waals surface area contributed by atoms with Crippen LogP contribution in [-0.4, -0.2) is 30.5 Å². The fourth-order valence-corrected chi connectivity index (χ4v) is 2.49. The summed E-state index contributed by atoms with van der Waals surface area (Å²) in [5, 5.41) is 10.9. The van der Waals surface area contributed by atoms with Gasteiger partial charge in [0.15, 0.2) is 17.2 Å². The number of nitrogens with zero attached hydrogens (tertiary/aromatic N) is 2. The van der Waals surface area contributed by atoms with Gasteiger partial charge in [-0.2, -0.15) is 0 Å². The van der Waals surface area contributed by atoms with Gasteiger partial charge in [0.05, 0.1) is 18.6 Å². The topological polar surface area (TPSA) is 100 Å². The average Bonchev–Trinajstić information content (AvgIpc) is 3.03. The molecule has 0 aromatic heterocycles. The Morgan fingerprint density at radius 1 is 1.22 bits per heavy atom. The molecule has 8 nitrogen and oxygen atoms in total. The first kappa shape index (κ1) is 18.1. The van der Waals surface area contributed by atoms with E-state index < -0.39 is 10.9 Å². The lowest BCUT2D eigenvalue weighted by Gasteiger charge is -2.09. The molecule has 0 amide bonds. The second kappa shape index (κ2) is 7.69. The number of esters is 1. The molecule has 0 aliphatic carbocycles. The zero-order valence-electron chi connectivity index (χ0n) is 14.7. The number of ether oxygens (including phenoxy) is 3. The molecule has 0 radical (unpaired) electrons. The van der Waals surface area contributed by atoms with E-state index in [2.05, 4.69) is 4.99 Å². The second-order valence-electron chi connectivity index (χ2n) is 5.49. The first-order valence-corrected chi connectivity index (χ1v) is 8.10. The molecule has 1 aliphatic heterocycles. The molecule has 2 aromatic carbocycles. The van der Waals surface area contributed by atoms with Crippen LogP contribution in [0.4, 0.5) is 5.69 Å². The number of nitro benzene ring substituents is 1. The summed E-state index contributed by atoms with van der Waals surface area (Å²) in [7, 11) is 1.54. The Morgan fingerprint density at radius 2 is 2.04 bits per heavy atom. The van der Waals surface area contributed by atoms with Crippen LogP contribution in [0.3, 0.4) is 0 Å². The molecule has 1 heterocycles. The Bertz CT molecular complexity index is 964. The SMILES string of the molecule is CCOc1cc(/C=C2\N=C(c3cccc([N+](=O)[O-])c3)OC2=O)ccc1OC. The van der Waals surface area contributed by atoms with Gasteiger partial charge < -0.3 is 14.2 Å². The monoisotopic (exact) mass is 368 g/mol. The predicted molar refractivity (Wildman–Crippen MR) is 97.9 cm³/mol. The van der Waals surface area contributed by atoms with Gasteiger partial charge in [-0.3, -0.25) is 10.1 Å². The third kappa shape index (κ3) is 3.95. The fraction of sp³-hybridized carbons (Fsp3) is 0.158. The molecule has 8 heteroatoms. The van der Waals surface area contributed by atoms with Gasteiger partial charge in [-0.1, -0.05) is 12.1 Å². The van der Waals surface area contributed by atoms with Crippen LogP contribution in [-0.2, 0) is 9.53 Å². The maximum Gasteiger partial charge on any atom is 0.363 e. The van der Waals surface area contributed by atoms with Crippen LogP contribution in [0.15, 0.2) is 53.2 Å². The summed E-state index contributed by atoms with van der Waals surface area (Å²) in [6.07, 6.45) is 1.55. The summed E-state index contributed by atoms with van der Waals surface area (Å²) in [5.41, 5.74) is 1.00. The molecule has 2 aromatic rings. The van der Waals surface area contributed by atoms with Crippen molar-refractivity contribution in [1.82, 2.24) is 0 Å². The molecule has 138 valence electrons. The van der Waals surface area contributed by atoms with E-state index in [1.165, 1.54) is 18.2 Å². The first-order chi connectivity index (χ1) is 13.0. The quantitative estimate of drug-likeness (QED) is 0.335. The van der Waals surface area contributed by atoms with E-state index in [9.17, 15) is 14.9 Å². The van der Waals surface area contributed by atoms with Gasteiger partial charge in [0.2, 0.25) is 5.90 Å². The van der Waals surface area contributed by atoms with Crippen molar-refractivity contribution in [3.63, 3.8) is 0 Å². The number of carbonyl (C=O) groups excluding carboxylic acids is 1. The third-order valence-corrected chi connectivity index (χ3v) is 3.72. The van der Waals surface area contributed by atoms with Crippen LogP contribution < -0.4 is 9.47 Å². The van der Waals surface area contributed by atoms with Crippen molar-refractivity contribution in [2.45, 2.75) is 6.92 Å². The van der Waals surface area contributed by atoms with E-state index >= 15 is 0 Å². The van der Waals surface area contributed by atoms with E-state index in [4.69, 9.17) is 14.2 Å². The molecule has 0 bridgehead atoms. The largest absolute Gasteiger partial charge is 0.493 e. The molecule has 0 atom stereocenters. The molecule has 0 saturated carbocycles. The highest BCUT2D eigenvalue weighted by Crippen LogP contribution is 2.30. The maximum absolute atomic E-state index is 12.1. The van der Waals surface area contributed by atoms with Crippen molar-refractivity contribution < 1.29 is 23.9 Å². The van der Waals surface area contributed by atoms with Crippen molar-refractivity contribution in [3.05, 3.63) is 69.4 Å². The Labute approximate surface area is 154 Å². The van der Waals surface area contributed by atoms with Gasteiger partial charge in [-0.25, -0.2) is 9.79 Å². The summed E-state index contributed by atoms with van der Waals surface area (Å²) in [6, 6.07) is 10.9. The Hall–Kier alpha value is -3.68. The van der Waals surface area contributed by atoms with Gasteiger partial charge >= 0.3 is 5.97 Å². The number of nitro groups is 1. The third-order valence-electron chi connectivity index (χ3n) is 3.72. The molecule has 0 spiro atoms. The molecule has 3 rings (SSSR count). The number of rotatable bonds is 6. The summed E-state index contributed by atoms with van der Waals surface area (Å²) >= 11 is 0. The van der Waals surface area contributed by atoms with Crippen LogP contribution in [0.1, 0.15) is 18.1 Å². The minimum absolute atomic E-state index is 0.0218. The van der Waals surface area contributed by atoms with Crippen LogP contribution in [0.25, 0.3) is 6.08 Å². The number of aliphatic imine (C=N–C) groups is 1. The number of cyclic esters (lactones) is 1. The van der Waals surface area contributed by atoms with Crippen LogP contribution in [0.2, 0.25) is 0 Å². The highest BCUT2D eigenvalue weighted by molar-refractivity contribution is 6.13. The van der Waals surface area contributed by atoms with E-state index in [0.29, 0.717) is 29.2 Å². The molecule has 0 fully saturated rings. The van der Waals surface area contributed by atoms with Gasteiger partial charge in [0.1, 0.15) is 0 Å². The number of carbonyl (C=O) groups is 1. The Kier molecular flexibility index (Phi) is 5.16. The number of hydrogen-bond donors (Lipinski definition) is 0. The van der Waals surface area contributed by atoms with Crippen molar-refractivity contribution >= 4 is 23.6 Å². The number of methoxy groups -OCH3 is 1. The minimum Gasteiger partial charge on any atom is -0.493 e. The first-order valence-electron chi connectivity index (χ1n) is 8.10. The number of non-ortho nitro benzene ring substituents is 1. The lowest BCUT2D eigenvalue weighted by molar-refractivity contribution is -0.384. The predicted octanol–water partition coefficient (Wildman–Crippen LogP) is 3.35. The molecular formula is C19H16N2O6. The van der Waals surface area contributed by atoms with Crippen molar-refractivity contribution in [2.24, 2.45) is 4.99 Å². The highest BCUT2D eigenvalue weighted by Gasteiger charge is 2.25. The van der Waals surface area contributed by atoms with Crippen LogP contribution >= 0.6 is 0 Å². The lowest BCUT2D eigenvalue weighted by Crippen LogP contribution is -2.05. The average molecular weight is 368 g/mol. The second-order valence-corrected chi connectivity index (χ2v) is 5.49. The van der Waals surface area contributed by atoms with Gasteiger partial charge in [-0.05, 0) is 36.8 Å². The van der Waals surface area contributed by atoms with Gasteiger partial charge in [0.25, 0.3) is 5.69 Å². The molecule has 0 unspecified atom stereocenters. The van der Waals surface area contributed by atoms with Crippen molar-refractivity contribution in [3.8, 4) is 11.5 Å². The van der Waals surface area contributed by atoms with E-state index in [0.717, 1.165) is 0 Å². The highest BCUT2D eigenvalue weighted by atomic mass is 16.6. The smallest absolute Gasteiger partial charge is 0.363 e. The summed E-state index contributed by atoms with van der Waals surface area (Å²) in [6.45, 7) is 2.32. The fourth-order valence-electron chi connectivity index (χ4n) is 2.49.